The molecule has 0 saturated carbocycles. The molecule has 0 unspecified atom stereocenters. The Morgan fingerprint density at radius 2 is 2.00 bits per heavy atom. The first kappa shape index (κ1) is 18.3. The van der Waals surface area contributed by atoms with E-state index in [0.717, 1.165) is 37.2 Å². The largest absolute Gasteiger partial charge is 0.465 e. The van der Waals surface area contributed by atoms with Gasteiger partial charge in [-0.05, 0) is 12.5 Å². The molecule has 25 heavy (non-hydrogen) atoms. The number of hydrogen-bond acceptors (Lipinski definition) is 7. The number of rotatable bonds is 5. The van der Waals surface area contributed by atoms with Crippen molar-refractivity contribution >= 4 is 28.2 Å². The number of piperidine rings is 1. The van der Waals surface area contributed by atoms with Crippen molar-refractivity contribution < 1.29 is 23.8 Å². The zero-order valence-corrected chi connectivity index (χ0v) is 15.4. The minimum Gasteiger partial charge on any atom is -0.465 e. The smallest absolute Gasteiger partial charge is 0.340 e. The van der Waals surface area contributed by atoms with Gasteiger partial charge in [-0.15, -0.1) is 11.3 Å². The van der Waals surface area contributed by atoms with Gasteiger partial charge in [0.2, 0.25) is 5.91 Å². The van der Waals surface area contributed by atoms with Crippen LogP contribution in [0.3, 0.4) is 0 Å². The van der Waals surface area contributed by atoms with Gasteiger partial charge in [0.15, 0.2) is 5.79 Å². The Hall–Kier alpha value is -1.48. The maximum Gasteiger partial charge on any atom is 0.340 e. The third-order valence-corrected chi connectivity index (χ3v) is 5.78. The van der Waals surface area contributed by atoms with E-state index >= 15 is 0 Å². The first-order valence-corrected chi connectivity index (χ1v) is 9.38. The van der Waals surface area contributed by atoms with Gasteiger partial charge in [0.25, 0.3) is 0 Å². The number of methoxy groups -OCH3 is 1. The molecule has 8 heteroatoms. The van der Waals surface area contributed by atoms with Gasteiger partial charge in [-0.25, -0.2) is 4.79 Å². The lowest BCUT2D eigenvalue weighted by Gasteiger charge is -2.37. The number of anilines is 1. The lowest BCUT2D eigenvalue weighted by atomic mass is 10.0. The molecule has 1 amide bonds. The molecule has 1 N–H and O–H groups in total. The molecule has 7 nitrogen and oxygen atoms in total. The lowest BCUT2D eigenvalue weighted by Crippen LogP contribution is -2.47. The van der Waals surface area contributed by atoms with Crippen LogP contribution in [0.25, 0.3) is 0 Å². The van der Waals surface area contributed by atoms with Gasteiger partial charge >= 0.3 is 5.97 Å². The van der Waals surface area contributed by atoms with Crippen molar-refractivity contribution in [2.45, 2.75) is 32.0 Å². The third-order valence-electron chi connectivity index (χ3n) is 4.59. The van der Waals surface area contributed by atoms with Crippen molar-refractivity contribution in [3.63, 3.8) is 0 Å². The van der Waals surface area contributed by atoms with Gasteiger partial charge in [-0.1, -0.05) is 6.92 Å². The molecule has 138 valence electrons. The highest BCUT2D eigenvalue weighted by Gasteiger charge is 2.40. The molecule has 0 radical (unpaired) electrons. The van der Waals surface area contributed by atoms with Crippen LogP contribution in [0.1, 0.15) is 35.0 Å². The molecule has 1 spiro atoms. The standard InChI is InChI=1S/C17H24N2O5S/c1-3-12-10-13(16(21)22-2)15(25-12)18-14(20)11-19-6-4-17(5-7-19)23-8-9-24-17/h10H,3-9,11H2,1-2H3,(H,18,20). The van der Waals surface area contributed by atoms with Crippen LogP contribution >= 0.6 is 11.3 Å². The number of carbonyl (C=O) groups is 2. The Balaban J connectivity index is 1.56. The molecule has 2 aliphatic rings. The number of likely N-dealkylation sites (tertiary alicyclic amines) is 1. The average Bonchev–Trinajstić information content (AvgIpc) is 3.24. The topological polar surface area (TPSA) is 77.1 Å². The van der Waals surface area contributed by atoms with E-state index in [1.807, 2.05) is 6.92 Å². The molecule has 0 aromatic carbocycles. The van der Waals surface area contributed by atoms with Crippen molar-refractivity contribution in [3.05, 3.63) is 16.5 Å². The Kier molecular flexibility index (Phi) is 5.73. The second-order valence-electron chi connectivity index (χ2n) is 6.23. The predicted molar refractivity (Wildman–Crippen MR) is 94.0 cm³/mol. The van der Waals surface area contributed by atoms with E-state index in [1.54, 1.807) is 6.07 Å². The van der Waals surface area contributed by atoms with E-state index in [9.17, 15) is 9.59 Å². The second kappa shape index (κ2) is 7.82. The number of ether oxygens (including phenoxy) is 3. The summed E-state index contributed by atoms with van der Waals surface area (Å²) in [5.74, 6) is -0.991. The van der Waals surface area contributed by atoms with Crippen molar-refractivity contribution in [1.82, 2.24) is 4.90 Å². The van der Waals surface area contributed by atoms with Crippen LogP contribution in [-0.2, 0) is 25.4 Å². The number of thiophene rings is 1. The summed E-state index contributed by atoms with van der Waals surface area (Å²) in [6.45, 7) is 5.10. The maximum atomic E-state index is 12.4. The van der Waals surface area contributed by atoms with Crippen LogP contribution in [0.4, 0.5) is 5.00 Å². The van der Waals surface area contributed by atoms with Crippen LogP contribution in [0, 0.1) is 0 Å². The molecule has 0 atom stereocenters. The molecule has 3 rings (SSSR count). The zero-order valence-electron chi connectivity index (χ0n) is 14.6. The summed E-state index contributed by atoms with van der Waals surface area (Å²) >= 11 is 1.42. The lowest BCUT2D eigenvalue weighted by molar-refractivity contribution is -0.185. The summed E-state index contributed by atoms with van der Waals surface area (Å²) < 4.78 is 16.2. The van der Waals surface area contributed by atoms with E-state index in [0.29, 0.717) is 23.8 Å². The fraction of sp³-hybridized carbons (Fsp3) is 0.647. The molecular formula is C17H24N2O5S. The highest BCUT2D eigenvalue weighted by atomic mass is 32.1. The van der Waals surface area contributed by atoms with Crippen molar-refractivity contribution in [2.75, 3.05) is 45.3 Å². The van der Waals surface area contributed by atoms with E-state index < -0.39 is 11.8 Å². The summed E-state index contributed by atoms with van der Waals surface area (Å²) in [5.41, 5.74) is 0.419. The van der Waals surface area contributed by atoms with Gasteiger partial charge in [0, 0.05) is 30.8 Å². The number of amides is 1. The zero-order chi connectivity index (χ0) is 17.9. The van der Waals surface area contributed by atoms with Crippen molar-refractivity contribution in [3.8, 4) is 0 Å². The van der Waals surface area contributed by atoms with E-state index in [4.69, 9.17) is 14.2 Å². The summed E-state index contributed by atoms with van der Waals surface area (Å²) in [5, 5.41) is 3.42. The van der Waals surface area contributed by atoms with E-state index in [2.05, 4.69) is 10.2 Å². The molecule has 3 heterocycles. The predicted octanol–water partition coefficient (Wildman–Crippen LogP) is 1.87. The minimum absolute atomic E-state index is 0.126. The van der Waals surface area contributed by atoms with Crippen LogP contribution in [0.15, 0.2) is 6.07 Å². The molecule has 2 saturated heterocycles. The number of esters is 1. The molecule has 0 aliphatic carbocycles. The quantitative estimate of drug-likeness (QED) is 0.800. The summed E-state index contributed by atoms with van der Waals surface area (Å²) in [6, 6.07) is 1.78. The minimum atomic E-state index is -0.436. The Bertz CT molecular complexity index is 629. The van der Waals surface area contributed by atoms with Crippen LogP contribution in [0.5, 0.6) is 0 Å². The Labute approximate surface area is 151 Å². The van der Waals surface area contributed by atoms with Crippen LogP contribution < -0.4 is 5.32 Å². The highest BCUT2D eigenvalue weighted by Crippen LogP contribution is 2.32. The Morgan fingerprint density at radius 3 is 2.60 bits per heavy atom. The average molecular weight is 368 g/mol. The summed E-state index contributed by atoms with van der Waals surface area (Å²) in [7, 11) is 1.34. The van der Waals surface area contributed by atoms with Gasteiger partial charge in [0.05, 0.1) is 32.4 Å². The van der Waals surface area contributed by atoms with Crippen LogP contribution in [-0.4, -0.2) is 62.5 Å². The first-order chi connectivity index (χ1) is 12.0. The maximum absolute atomic E-state index is 12.4. The normalized spacial score (nSPS) is 19.9. The third kappa shape index (κ3) is 4.20. The number of carbonyl (C=O) groups excluding carboxylic acids is 2. The number of nitrogens with zero attached hydrogens (tertiary/aromatic N) is 1. The summed E-state index contributed by atoms with van der Waals surface area (Å²) in [4.78, 5) is 27.4. The molecule has 1 aromatic rings. The van der Waals surface area contributed by atoms with Crippen molar-refractivity contribution in [1.29, 1.82) is 0 Å². The van der Waals surface area contributed by atoms with Crippen LogP contribution in [0.2, 0.25) is 0 Å². The fourth-order valence-electron chi connectivity index (χ4n) is 3.18. The first-order valence-electron chi connectivity index (χ1n) is 8.56. The SMILES string of the molecule is CCc1cc(C(=O)OC)c(NC(=O)CN2CCC3(CC2)OCCO3)s1. The van der Waals surface area contributed by atoms with E-state index in [-0.39, 0.29) is 12.5 Å². The van der Waals surface area contributed by atoms with Gasteiger partial charge in [0.1, 0.15) is 5.00 Å². The monoisotopic (exact) mass is 368 g/mol. The molecule has 0 bridgehead atoms. The molecular weight excluding hydrogens is 344 g/mol. The van der Waals surface area contributed by atoms with Gasteiger partial charge in [-0.3, -0.25) is 9.69 Å². The second-order valence-corrected chi connectivity index (χ2v) is 7.37. The molecule has 2 aliphatic heterocycles. The highest BCUT2D eigenvalue weighted by molar-refractivity contribution is 7.16. The van der Waals surface area contributed by atoms with E-state index in [1.165, 1.54) is 18.4 Å². The molecule has 1 aromatic heterocycles. The summed E-state index contributed by atoms with van der Waals surface area (Å²) in [6.07, 6.45) is 2.35. The number of aryl methyl sites for hydroxylation is 1. The number of nitrogens with one attached hydrogen (secondary N) is 1. The van der Waals surface area contributed by atoms with Gasteiger partial charge < -0.3 is 19.5 Å². The van der Waals surface area contributed by atoms with Gasteiger partial charge in [-0.2, -0.15) is 0 Å². The van der Waals surface area contributed by atoms with Crippen molar-refractivity contribution in [2.24, 2.45) is 0 Å². The molecule has 2 fully saturated rings. The Morgan fingerprint density at radius 1 is 1.32 bits per heavy atom. The number of hydrogen-bond donors (Lipinski definition) is 1. The fourth-order valence-corrected chi connectivity index (χ4v) is 4.18.